The minimum absolute atomic E-state index is 0.0609. The Morgan fingerprint density at radius 3 is 2.51 bits per heavy atom. The zero-order chi connectivity index (χ0) is 29.1. The normalized spacial score (nSPS) is 27.9. The fraction of sp³-hybridized carbons (Fsp3) is 0.500. The van der Waals surface area contributed by atoms with Crippen LogP contribution in [0.3, 0.4) is 0 Å². The van der Waals surface area contributed by atoms with Gasteiger partial charge in [-0.05, 0) is 69.2 Å². The fourth-order valence-corrected chi connectivity index (χ4v) is 7.44. The molecule has 3 atom stereocenters. The molecule has 9 heteroatoms. The number of likely N-dealkylation sites (tertiary alicyclic amines) is 1. The highest BCUT2D eigenvalue weighted by Gasteiger charge is 2.67. The van der Waals surface area contributed by atoms with Crippen LogP contribution < -0.4 is 5.32 Å². The van der Waals surface area contributed by atoms with Gasteiger partial charge in [0.15, 0.2) is 0 Å². The Morgan fingerprint density at radius 1 is 0.976 bits per heavy atom. The van der Waals surface area contributed by atoms with Gasteiger partial charge < -0.3 is 20.1 Å². The number of hydrogen-bond donors (Lipinski definition) is 2. The number of nitrogens with one attached hydrogen (secondary N) is 1. The Kier molecular flexibility index (Phi) is 8.30. The van der Waals surface area contributed by atoms with Crippen molar-refractivity contribution in [3.05, 3.63) is 77.9 Å². The summed E-state index contributed by atoms with van der Waals surface area (Å²) >= 11 is 0. The predicted octanol–water partition coefficient (Wildman–Crippen LogP) is 5.92. The zero-order valence-corrected chi connectivity index (χ0v) is 23.1. The van der Waals surface area contributed by atoms with Crippen molar-refractivity contribution in [1.82, 2.24) is 4.90 Å². The summed E-state index contributed by atoms with van der Waals surface area (Å²) in [5.74, 6) is -2.99. The van der Waals surface area contributed by atoms with E-state index in [-0.39, 0.29) is 23.3 Å². The number of esters is 1. The highest BCUT2D eigenvalue weighted by Crippen LogP contribution is 2.62. The molecule has 0 aromatic heterocycles. The Hall–Kier alpha value is -3.17. The van der Waals surface area contributed by atoms with Crippen LogP contribution in [0, 0.1) is 10.8 Å². The summed E-state index contributed by atoms with van der Waals surface area (Å²) in [5, 5.41) is 14.3. The molecule has 41 heavy (non-hydrogen) atoms. The minimum Gasteiger partial charge on any atom is -0.461 e. The van der Waals surface area contributed by atoms with Gasteiger partial charge in [-0.25, -0.2) is 4.79 Å². The standard InChI is InChI=1S/C32H37F3N2O4/c33-32(34,35)28(39)36-26-15-6-5-14-25(26)27(38)41-23-30-18-10-17-29(16-7-2-8-19-31(29,30)40)21-37(22-30)20-9-13-24-11-3-1-4-12-24/h1-6,8,11-12,14-15,40H,7,9-10,13,16-23H2,(H,36,39)/t29-,30+,31+/m0/s1. The molecule has 3 aliphatic rings. The van der Waals surface area contributed by atoms with Crippen LogP contribution in [0.15, 0.2) is 66.7 Å². The number of carbonyl (C=O) groups excluding carboxylic acids is 2. The van der Waals surface area contributed by atoms with Crippen LogP contribution in [0.25, 0.3) is 0 Å². The highest BCUT2D eigenvalue weighted by atomic mass is 19.4. The molecule has 0 unspecified atom stereocenters. The molecule has 2 bridgehead atoms. The van der Waals surface area contributed by atoms with E-state index < -0.39 is 29.1 Å². The number of nitrogens with zero attached hydrogens (tertiary/aromatic N) is 1. The van der Waals surface area contributed by atoms with Crippen molar-refractivity contribution in [2.24, 2.45) is 10.8 Å². The van der Waals surface area contributed by atoms with Crippen molar-refractivity contribution in [2.45, 2.75) is 63.1 Å². The number of rotatable bonds is 8. The lowest BCUT2D eigenvalue weighted by molar-refractivity contribution is -0.255. The molecule has 2 aromatic rings. The summed E-state index contributed by atoms with van der Waals surface area (Å²) in [5.41, 5.74) is -1.30. The second kappa shape index (κ2) is 11.6. The topological polar surface area (TPSA) is 78.9 Å². The predicted molar refractivity (Wildman–Crippen MR) is 149 cm³/mol. The molecule has 5 rings (SSSR count). The Morgan fingerprint density at radius 2 is 1.73 bits per heavy atom. The van der Waals surface area contributed by atoms with Crippen LogP contribution >= 0.6 is 0 Å². The molecule has 2 fully saturated rings. The zero-order valence-electron chi connectivity index (χ0n) is 23.1. The van der Waals surface area contributed by atoms with Gasteiger partial charge in [-0.3, -0.25) is 4.79 Å². The number of piperidine rings is 1. The van der Waals surface area contributed by atoms with Gasteiger partial charge in [-0.1, -0.05) is 61.0 Å². The number of allylic oxidation sites excluding steroid dienone is 1. The fourth-order valence-electron chi connectivity index (χ4n) is 7.44. The lowest BCUT2D eigenvalue weighted by atomic mass is 9.47. The lowest BCUT2D eigenvalue weighted by Gasteiger charge is -2.66. The van der Waals surface area contributed by atoms with Gasteiger partial charge in [0.05, 0.1) is 16.9 Å². The summed E-state index contributed by atoms with van der Waals surface area (Å²) < 4.78 is 44.5. The van der Waals surface area contributed by atoms with E-state index in [0.717, 1.165) is 51.6 Å². The number of alkyl halides is 3. The van der Waals surface area contributed by atoms with Crippen molar-refractivity contribution in [1.29, 1.82) is 0 Å². The summed E-state index contributed by atoms with van der Waals surface area (Å²) in [4.78, 5) is 27.3. The first kappa shape index (κ1) is 29.3. The van der Waals surface area contributed by atoms with Crippen LogP contribution in [0.4, 0.5) is 18.9 Å². The molecule has 1 heterocycles. The summed E-state index contributed by atoms with van der Waals surface area (Å²) in [6.07, 6.45) is 5.63. The average molecular weight is 571 g/mol. The van der Waals surface area contributed by atoms with Crippen molar-refractivity contribution in [3.8, 4) is 0 Å². The van der Waals surface area contributed by atoms with Gasteiger partial charge in [0, 0.05) is 23.9 Å². The smallest absolute Gasteiger partial charge is 0.461 e. The maximum Gasteiger partial charge on any atom is 0.471 e. The number of halogens is 3. The molecule has 1 aliphatic heterocycles. The number of para-hydroxylation sites is 1. The summed E-state index contributed by atoms with van der Waals surface area (Å²) in [6.45, 7) is 2.13. The van der Waals surface area contributed by atoms with Gasteiger partial charge in [-0.2, -0.15) is 13.2 Å². The van der Waals surface area contributed by atoms with E-state index in [1.165, 1.54) is 29.8 Å². The van der Waals surface area contributed by atoms with Crippen molar-refractivity contribution < 1.29 is 32.6 Å². The molecule has 1 amide bonds. The molecule has 0 spiro atoms. The van der Waals surface area contributed by atoms with Gasteiger partial charge in [0.25, 0.3) is 0 Å². The van der Waals surface area contributed by atoms with E-state index in [0.29, 0.717) is 19.4 Å². The largest absolute Gasteiger partial charge is 0.471 e. The monoisotopic (exact) mass is 570 g/mol. The molecule has 2 N–H and O–H groups in total. The molecule has 2 aromatic carbocycles. The first-order chi connectivity index (χ1) is 19.6. The van der Waals surface area contributed by atoms with Crippen LogP contribution in [0.5, 0.6) is 0 Å². The highest BCUT2D eigenvalue weighted by molar-refractivity contribution is 6.02. The number of aryl methyl sites for hydroxylation is 1. The molecule has 0 radical (unpaired) electrons. The minimum atomic E-state index is -5.09. The maximum atomic E-state index is 13.3. The SMILES string of the molecule is O=C(OC[C@]12CCC[C@@]3(CCC=CC[C@@]31O)CN(CCCc1ccccc1)C2)c1ccccc1NC(=O)C(F)(F)F. The molecular weight excluding hydrogens is 533 g/mol. The number of amides is 1. The van der Waals surface area contributed by atoms with Crippen LogP contribution in [-0.4, -0.2) is 59.9 Å². The van der Waals surface area contributed by atoms with Gasteiger partial charge in [0.2, 0.25) is 0 Å². The molecule has 6 nitrogen and oxygen atoms in total. The maximum absolute atomic E-state index is 13.3. The van der Waals surface area contributed by atoms with Crippen LogP contribution in [0.1, 0.15) is 60.9 Å². The van der Waals surface area contributed by atoms with E-state index in [4.69, 9.17) is 4.74 Å². The second-order valence-electron chi connectivity index (χ2n) is 11.9. The third kappa shape index (κ3) is 5.79. The van der Waals surface area contributed by atoms with Crippen molar-refractivity contribution >= 4 is 17.6 Å². The molecular formula is C32H37F3N2O4. The van der Waals surface area contributed by atoms with E-state index in [2.05, 4.69) is 23.1 Å². The van der Waals surface area contributed by atoms with E-state index in [1.54, 1.807) is 5.32 Å². The Bertz CT molecular complexity index is 1280. The number of carbonyl (C=O) groups is 2. The third-order valence-corrected chi connectivity index (χ3v) is 9.40. The first-order valence-corrected chi connectivity index (χ1v) is 14.4. The lowest BCUT2D eigenvalue weighted by Crippen LogP contribution is -2.73. The summed E-state index contributed by atoms with van der Waals surface area (Å²) in [7, 11) is 0. The Balaban J connectivity index is 1.36. The molecule has 220 valence electrons. The molecule has 1 saturated heterocycles. The second-order valence-corrected chi connectivity index (χ2v) is 11.9. The van der Waals surface area contributed by atoms with Crippen LogP contribution in [-0.2, 0) is 16.0 Å². The van der Waals surface area contributed by atoms with E-state index in [1.807, 2.05) is 24.3 Å². The van der Waals surface area contributed by atoms with Crippen molar-refractivity contribution in [3.63, 3.8) is 0 Å². The van der Waals surface area contributed by atoms with Gasteiger partial charge >= 0.3 is 18.1 Å². The van der Waals surface area contributed by atoms with Gasteiger partial charge in [0.1, 0.15) is 6.61 Å². The number of aliphatic hydroxyl groups is 1. The molecule has 2 aliphatic carbocycles. The van der Waals surface area contributed by atoms with Gasteiger partial charge in [-0.15, -0.1) is 0 Å². The quantitative estimate of drug-likeness (QED) is 0.304. The third-order valence-electron chi connectivity index (χ3n) is 9.40. The first-order valence-electron chi connectivity index (χ1n) is 14.4. The summed E-state index contributed by atoms with van der Waals surface area (Å²) in [6, 6.07) is 15.8. The van der Waals surface area contributed by atoms with E-state index >= 15 is 0 Å². The van der Waals surface area contributed by atoms with E-state index in [9.17, 15) is 27.9 Å². The number of anilines is 1. The average Bonchev–Trinajstić information content (AvgIpc) is 3.11. The Labute approximate surface area is 238 Å². The number of benzene rings is 2. The number of hydrogen-bond acceptors (Lipinski definition) is 5. The van der Waals surface area contributed by atoms with Crippen LogP contribution in [0.2, 0.25) is 0 Å². The van der Waals surface area contributed by atoms with Crippen molar-refractivity contribution in [2.75, 3.05) is 31.6 Å². The number of ether oxygens (including phenoxy) is 1. The molecule has 1 saturated carbocycles.